The van der Waals surface area contributed by atoms with Crippen LogP contribution in [0.25, 0.3) is 0 Å². The molecular formula is C11H14N4O2S. The number of carbonyl (C=O) groups is 1. The maximum atomic E-state index is 11.9. The Balaban J connectivity index is 1.99. The lowest BCUT2D eigenvalue weighted by Crippen LogP contribution is -2.11. The van der Waals surface area contributed by atoms with E-state index in [1.54, 1.807) is 35.6 Å². The van der Waals surface area contributed by atoms with Gasteiger partial charge in [0.05, 0.1) is 30.7 Å². The summed E-state index contributed by atoms with van der Waals surface area (Å²) in [4.78, 5) is 12.4. The van der Waals surface area contributed by atoms with E-state index >= 15 is 0 Å². The van der Waals surface area contributed by atoms with Crippen molar-refractivity contribution in [1.82, 2.24) is 9.78 Å². The lowest BCUT2D eigenvalue weighted by Gasteiger charge is -2.01. The number of anilines is 2. The van der Waals surface area contributed by atoms with Crippen LogP contribution >= 0.6 is 11.3 Å². The van der Waals surface area contributed by atoms with Crippen LogP contribution in [0.3, 0.4) is 0 Å². The number of nitrogens with one attached hydrogen (secondary N) is 1. The van der Waals surface area contributed by atoms with Crippen LogP contribution in [0.4, 0.5) is 11.4 Å². The van der Waals surface area contributed by atoms with Gasteiger partial charge in [0, 0.05) is 13.3 Å². The molecule has 0 aromatic carbocycles. The first-order valence-electron chi connectivity index (χ1n) is 5.36. The highest BCUT2D eigenvalue weighted by Gasteiger charge is 2.12. The van der Waals surface area contributed by atoms with Crippen molar-refractivity contribution < 1.29 is 9.53 Å². The number of amides is 1. The summed E-state index contributed by atoms with van der Waals surface area (Å²) in [7, 11) is 1.63. The monoisotopic (exact) mass is 266 g/mol. The summed E-state index contributed by atoms with van der Waals surface area (Å²) in [6.07, 6.45) is 3.35. The van der Waals surface area contributed by atoms with Gasteiger partial charge >= 0.3 is 0 Å². The van der Waals surface area contributed by atoms with Gasteiger partial charge in [0.15, 0.2) is 0 Å². The first kappa shape index (κ1) is 12.6. The molecular weight excluding hydrogens is 252 g/mol. The molecule has 1 amide bonds. The Kier molecular flexibility index (Phi) is 3.96. The Hall–Kier alpha value is -1.86. The van der Waals surface area contributed by atoms with Gasteiger partial charge in [0.1, 0.15) is 4.88 Å². The Morgan fingerprint density at radius 1 is 1.67 bits per heavy atom. The number of aromatic nitrogens is 2. The lowest BCUT2D eigenvalue weighted by molar-refractivity contribution is 0.103. The molecule has 2 rings (SSSR count). The number of carbonyl (C=O) groups excluding carboxylic acids is 1. The van der Waals surface area contributed by atoms with Gasteiger partial charge in [-0.25, -0.2) is 0 Å². The maximum Gasteiger partial charge on any atom is 0.267 e. The zero-order chi connectivity index (χ0) is 13.0. The van der Waals surface area contributed by atoms with Crippen molar-refractivity contribution >= 4 is 28.6 Å². The first-order valence-corrected chi connectivity index (χ1v) is 6.24. The summed E-state index contributed by atoms with van der Waals surface area (Å²) in [6, 6.07) is 1.71. The van der Waals surface area contributed by atoms with E-state index in [0.717, 1.165) is 0 Å². The number of ether oxygens (including phenoxy) is 1. The Morgan fingerprint density at radius 2 is 2.50 bits per heavy atom. The summed E-state index contributed by atoms with van der Waals surface area (Å²) in [5.41, 5.74) is 6.81. The van der Waals surface area contributed by atoms with Gasteiger partial charge in [-0.05, 0) is 11.4 Å². The van der Waals surface area contributed by atoms with Crippen LogP contribution in [0.15, 0.2) is 23.8 Å². The third-order valence-electron chi connectivity index (χ3n) is 2.32. The predicted molar refractivity (Wildman–Crippen MR) is 70.8 cm³/mol. The van der Waals surface area contributed by atoms with E-state index in [0.29, 0.717) is 29.4 Å². The number of nitrogen functional groups attached to an aromatic ring is 1. The number of nitrogens with zero attached hydrogens (tertiary/aromatic N) is 2. The van der Waals surface area contributed by atoms with Gasteiger partial charge in [-0.2, -0.15) is 5.10 Å². The van der Waals surface area contributed by atoms with E-state index in [-0.39, 0.29) is 5.91 Å². The Morgan fingerprint density at radius 3 is 3.17 bits per heavy atom. The number of nitrogens with two attached hydrogens (primary N) is 1. The second-order valence-corrected chi connectivity index (χ2v) is 4.56. The van der Waals surface area contributed by atoms with Crippen molar-refractivity contribution in [2.24, 2.45) is 0 Å². The fourth-order valence-corrected chi connectivity index (χ4v) is 2.14. The van der Waals surface area contributed by atoms with Gasteiger partial charge in [-0.1, -0.05) is 0 Å². The minimum absolute atomic E-state index is 0.214. The van der Waals surface area contributed by atoms with Gasteiger partial charge in [0.25, 0.3) is 5.91 Å². The number of hydrogen-bond donors (Lipinski definition) is 2. The summed E-state index contributed by atoms with van der Waals surface area (Å²) >= 11 is 1.31. The molecule has 0 bridgehead atoms. The van der Waals surface area contributed by atoms with Crippen LogP contribution in [-0.2, 0) is 11.3 Å². The normalized spacial score (nSPS) is 10.5. The van der Waals surface area contributed by atoms with E-state index in [4.69, 9.17) is 10.5 Å². The predicted octanol–water partition coefficient (Wildman–Crippen LogP) is 1.43. The van der Waals surface area contributed by atoms with Crippen LogP contribution in [0.5, 0.6) is 0 Å². The molecule has 0 aliphatic heterocycles. The minimum Gasteiger partial charge on any atom is -0.397 e. The van der Waals surface area contributed by atoms with Crippen LogP contribution < -0.4 is 11.1 Å². The maximum absolute atomic E-state index is 11.9. The molecule has 6 nitrogen and oxygen atoms in total. The van der Waals surface area contributed by atoms with E-state index in [1.807, 2.05) is 0 Å². The van der Waals surface area contributed by atoms with E-state index in [9.17, 15) is 4.79 Å². The third-order valence-corrected chi connectivity index (χ3v) is 3.25. The fourth-order valence-electron chi connectivity index (χ4n) is 1.43. The van der Waals surface area contributed by atoms with Crippen molar-refractivity contribution in [3.63, 3.8) is 0 Å². The van der Waals surface area contributed by atoms with Gasteiger partial charge < -0.3 is 15.8 Å². The van der Waals surface area contributed by atoms with Gasteiger partial charge in [-0.3, -0.25) is 9.48 Å². The second-order valence-electron chi connectivity index (χ2n) is 3.64. The standard InChI is InChI=1S/C11H14N4O2S/c1-17-4-3-15-7-8(6-13-15)14-11(16)10-9(12)2-5-18-10/h2,5-7H,3-4,12H2,1H3,(H,14,16). The number of rotatable bonds is 5. The van der Waals surface area contributed by atoms with Gasteiger partial charge in [0.2, 0.25) is 0 Å². The van der Waals surface area contributed by atoms with E-state index in [1.165, 1.54) is 11.3 Å². The highest BCUT2D eigenvalue weighted by atomic mass is 32.1. The summed E-state index contributed by atoms with van der Waals surface area (Å²) < 4.78 is 6.65. The molecule has 2 aromatic heterocycles. The summed E-state index contributed by atoms with van der Waals surface area (Å²) in [5.74, 6) is -0.214. The molecule has 7 heteroatoms. The molecule has 0 unspecified atom stereocenters. The molecule has 0 aliphatic rings. The van der Waals surface area contributed by atoms with E-state index < -0.39 is 0 Å². The second kappa shape index (κ2) is 5.65. The molecule has 18 heavy (non-hydrogen) atoms. The topological polar surface area (TPSA) is 82.2 Å². The third kappa shape index (κ3) is 2.88. The molecule has 0 fully saturated rings. The first-order chi connectivity index (χ1) is 8.70. The average Bonchev–Trinajstić information content (AvgIpc) is 2.95. The largest absolute Gasteiger partial charge is 0.397 e. The Labute approximate surface area is 108 Å². The Bertz CT molecular complexity index is 535. The van der Waals surface area contributed by atoms with Crippen LogP contribution in [0.1, 0.15) is 9.67 Å². The van der Waals surface area contributed by atoms with Crippen LogP contribution in [-0.4, -0.2) is 29.4 Å². The molecule has 0 saturated carbocycles. The van der Waals surface area contributed by atoms with Crippen molar-refractivity contribution in [2.45, 2.75) is 6.54 Å². The number of methoxy groups -OCH3 is 1. The molecule has 0 atom stereocenters. The molecule has 3 N–H and O–H groups in total. The van der Waals surface area contributed by atoms with Crippen molar-refractivity contribution in [3.05, 3.63) is 28.7 Å². The highest BCUT2D eigenvalue weighted by molar-refractivity contribution is 7.12. The molecule has 96 valence electrons. The van der Waals surface area contributed by atoms with E-state index in [2.05, 4.69) is 10.4 Å². The zero-order valence-corrected chi connectivity index (χ0v) is 10.7. The SMILES string of the molecule is COCCn1cc(NC(=O)c2sccc2N)cn1. The highest BCUT2D eigenvalue weighted by Crippen LogP contribution is 2.20. The average molecular weight is 266 g/mol. The number of hydrogen-bond acceptors (Lipinski definition) is 5. The van der Waals surface area contributed by atoms with Crippen molar-refractivity contribution in [2.75, 3.05) is 24.8 Å². The van der Waals surface area contributed by atoms with Crippen LogP contribution in [0.2, 0.25) is 0 Å². The zero-order valence-electron chi connectivity index (χ0n) is 9.92. The number of thiophene rings is 1. The molecule has 2 heterocycles. The smallest absolute Gasteiger partial charge is 0.267 e. The lowest BCUT2D eigenvalue weighted by atomic mass is 10.4. The van der Waals surface area contributed by atoms with Crippen molar-refractivity contribution in [1.29, 1.82) is 0 Å². The molecule has 0 spiro atoms. The fraction of sp³-hybridized carbons (Fsp3) is 0.273. The summed E-state index contributed by atoms with van der Waals surface area (Å²) in [5, 5.41) is 8.64. The van der Waals surface area contributed by atoms with Crippen LogP contribution in [0, 0.1) is 0 Å². The molecule has 0 saturated heterocycles. The van der Waals surface area contributed by atoms with Crippen molar-refractivity contribution in [3.8, 4) is 0 Å². The molecule has 0 radical (unpaired) electrons. The quantitative estimate of drug-likeness (QED) is 0.857. The summed E-state index contributed by atoms with van der Waals surface area (Å²) in [6.45, 7) is 1.22. The molecule has 2 aromatic rings. The van der Waals surface area contributed by atoms with Gasteiger partial charge in [-0.15, -0.1) is 11.3 Å². The molecule has 0 aliphatic carbocycles. The minimum atomic E-state index is -0.214.